The molecule has 0 radical (unpaired) electrons. The predicted octanol–water partition coefficient (Wildman–Crippen LogP) is 25.8. The van der Waals surface area contributed by atoms with Gasteiger partial charge in [-0.1, -0.05) is 186 Å². The van der Waals surface area contributed by atoms with Crippen LogP contribution in [-0.2, 0) is 0 Å². The van der Waals surface area contributed by atoms with Gasteiger partial charge in [-0.2, -0.15) is 0 Å². The lowest BCUT2D eigenvalue weighted by Crippen LogP contribution is -1.85. The Balaban J connectivity index is 4.33. The van der Waals surface area contributed by atoms with Gasteiger partial charge in [0.25, 0.3) is 0 Å². The number of hydrogen-bond donors (Lipinski definition) is 2. The van der Waals surface area contributed by atoms with Gasteiger partial charge in [0.2, 0.25) is 0 Å². The van der Waals surface area contributed by atoms with E-state index in [2.05, 4.69) is 195 Å². The zero-order valence-electron chi connectivity index (χ0n) is 56.8. The van der Waals surface area contributed by atoms with E-state index in [0.29, 0.717) is 0 Å². The van der Waals surface area contributed by atoms with Crippen LogP contribution >= 0.6 is 0 Å². The lowest BCUT2D eigenvalue weighted by molar-refractivity contribution is 0.331. The molecular weight excluding hydrogens is 993 g/mol. The number of allylic oxidation sites excluding steroid dienone is 30. The zero-order chi connectivity index (χ0) is 61.2. The van der Waals surface area contributed by atoms with E-state index >= 15 is 0 Å². The molecule has 0 aromatic heterocycles. The Bertz CT molecular complexity index is 2260. The predicted molar refractivity (Wildman–Crippen MR) is 373 cm³/mol. The van der Waals surface area contributed by atoms with Crippen LogP contribution in [0.15, 0.2) is 186 Å². The number of hydrogen-bond acceptors (Lipinski definition) is 2. The van der Waals surface area contributed by atoms with Crippen LogP contribution in [0.2, 0.25) is 0 Å². The fourth-order valence-electron chi connectivity index (χ4n) is 9.94. The van der Waals surface area contributed by atoms with Crippen molar-refractivity contribution in [1.82, 2.24) is 0 Å². The fourth-order valence-corrected chi connectivity index (χ4v) is 9.94. The van der Waals surface area contributed by atoms with Gasteiger partial charge < -0.3 is 10.2 Å². The molecular formula is C80H130O2. The number of rotatable bonds is 47. The minimum Gasteiger partial charge on any atom is -0.392 e. The summed E-state index contributed by atoms with van der Waals surface area (Å²) >= 11 is 0. The Kier molecular flexibility index (Phi) is 49.6. The summed E-state index contributed by atoms with van der Waals surface area (Å²) < 4.78 is 0. The lowest BCUT2D eigenvalue weighted by atomic mass is 10.0. The molecule has 0 bridgehead atoms. The van der Waals surface area contributed by atoms with Gasteiger partial charge in [0.15, 0.2) is 0 Å². The minimum absolute atomic E-state index is 0.146. The molecule has 0 spiro atoms. The van der Waals surface area contributed by atoms with Crippen molar-refractivity contribution < 1.29 is 10.2 Å². The van der Waals surface area contributed by atoms with Gasteiger partial charge in [0.1, 0.15) is 0 Å². The molecule has 82 heavy (non-hydrogen) atoms. The summed E-state index contributed by atoms with van der Waals surface area (Å²) in [6, 6.07) is 0. The van der Waals surface area contributed by atoms with E-state index in [1.807, 2.05) is 13.0 Å². The van der Waals surface area contributed by atoms with Crippen molar-refractivity contribution in [3.05, 3.63) is 186 Å². The average Bonchev–Trinajstić information content (AvgIpc) is 3.41. The molecule has 0 amide bonds. The van der Waals surface area contributed by atoms with E-state index < -0.39 is 0 Å². The number of aliphatic hydroxyl groups excluding tert-OH is 2. The molecule has 0 saturated heterocycles. The van der Waals surface area contributed by atoms with Gasteiger partial charge in [-0.3, -0.25) is 0 Å². The molecule has 2 nitrogen and oxygen atoms in total. The fraction of sp³-hybridized carbons (Fsp3) is 0.600. The summed E-state index contributed by atoms with van der Waals surface area (Å²) in [6.07, 6.45) is 72.5. The summed E-state index contributed by atoms with van der Waals surface area (Å²) in [6.45, 7) is 36.5. The maximum Gasteiger partial charge on any atom is 0.0639 e. The second kappa shape index (κ2) is 52.3. The van der Waals surface area contributed by atoms with E-state index in [0.717, 1.165) is 179 Å². The number of aliphatic hydroxyl groups is 2. The Labute approximate surface area is 510 Å². The van der Waals surface area contributed by atoms with Crippen molar-refractivity contribution in [2.24, 2.45) is 0 Å². The normalized spacial score (nSPS) is 15.5. The van der Waals surface area contributed by atoms with Crippen LogP contribution in [0.1, 0.15) is 303 Å². The first-order valence-corrected chi connectivity index (χ1v) is 32.9. The second-order valence-corrected chi connectivity index (χ2v) is 25.2. The first kappa shape index (κ1) is 77.8. The molecule has 2 N–H and O–H groups in total. The van der Waals surface area contributed by atoms with Crippen molar-refractivity contribution in [1.29, 1.82) is 0 Å². The zero-order valence-corrected chi connectivity index (χ0v) is 56.8. The standard InChI is InChI=1S/C80H130O2/c1-65(34-18-36-67(3)38-20-40-69(5)42-22-44-71(7)46-24-48-73(9)50-26-52-75(11)54-28-56-77(13)58-30-60-79(15)62-63-81)32-17-33-66(2)35-19-37-68(4)39-21-41-70(6)43-23-45-72(8)47-25-49-74(10)51-27-53-76(12)55-29-57-78(14)59-31-61-80(16)64-82/h33-34,37-38,41-42,45-46,49-50,53-54,57-58,61-62,81-82H,17-32,35-36,39-40,43-44,47-48,51-52,55-56,59-60,63-64H2,1-16H3. The van der Waals surface area contributed by atoms with Gasteiger partial charge in [-0.25, -0.2) is 0 Å². The van der Waals surface area contributed by atoms with Crippen molar-refractivity contribution in [2.75, 3.05) is 13.2 Å². The van der Waals surface area contributed by atoms with Gasteiger partial charge in [0.05, 0.1) is 13.2 Å². The first-order valence-electron chi connectivity index (χ1n) is 32.9. The molecule has 0 fully saturated rings. The summed E-state index contributed by atoms with van der Waals surface area (Å²) in [5.41, 5.74) is 23.5. The summed E-state index contributed by atoms with van der Waals surface area (Å²) in [7, 11) is 0. The van der Waals surface area contributed by atoms with Gasteiger partial charge >= 0.3 is 0 Å². The van der Waals surface area contributed by atoms with Crippen molar-refractivity contribution in [2.45, 2.75) is 303 Å². The summed E-state index contributed by atoms with van der Waals surface area (Å²) in [5, 5.41) is 18.2. The molecule has 0 aromatic rings. The monoisotopic (exact) mass is 1120 g/mol. The molecule has 0 unspecified atom stereocenters. The maximum atomic E-state index is 9.15. The van der Waals surface area contributed by atoms with Crippen LogP contribution in [0.5, 0.6) is 0 Å². The highest BCUT2D eigenvalue weighted by Crippen LogP contribution is 2.21. The van der Waals surface area contributed by atoms with Crippen molar-refractivity contribution in [3.63, 3.8) is 0 Å². The highest BCUT2D eigenvalue weighted by Gasteiger charge is 2.01. The topological polar surface area (TPSA) is 40.5 Å². The van der Waals surface area contributed by atoms with Crippen molar-refractivity contribution >= 4 is 0 Å². The SMILES string of the molecule is CC(=CCCC(C)=CCCC(C)=CCCC(C)=CCCC(C)=CCCC(C)=CCCC(C)=CCCC(C)=CCCC(C)=CCCC(C)=CCCC(C)=CCCC(C)=CCCC(C)=CCCC(C)=CCCC(C)=CCCC(C)=CCO)CO. The van der Waals surface area contributed by atoms with Crippen molar-refractivity contribution in [3.8, 4) is 0 Å². The van der Waals surface area contributed by atoms with Crippen LogP contribution in [-0.4, -0.2) is 23.4 Å². The Morgan fingerprint density at radius 3 is 0.354 bits per heavy atom. The highest BCUT2D eigenvalue weighted by molar-refractivity contribution is 5.14. The third-order valence-corrected chi connectivity index (χ3v) is 16.2. The summed E-state index contributed by atoms with van der Waals surface area (Å²) in [5.74, 6) is 0. The Morgan fingerprint density at radius 2 is 0.256 bits per heavy atom. The summed E-state index contributed by atoms with van der Waals surface area (Å²) in [4.78, 5) is 0. The molecule has 462 valence electrons. The molecule has 0 atom stereocenters. The molecule has 0 saturated carbocycles. The Morgan fingerprint density at radius 1 is 0.159 bits per heavy atom. The van der Waals surface area contributed by atoms with E-state index in [1.54, 1.807) is 0 Å². The second-order valence-electron chi connectivity index (χ2n) is 25.2. The lowest BCUT2D eigenvalue weighted by Gasteiger charge is -2.04. The molecule has 2 heteroatoms. The van der Waals surface area contributed by atoms with E-state index in [9.17, 15) is 0 Å². The first-order chi connectivity index (χ1) is 39.2. The Hall–Kier alpha value is -4.24. The molecule has 0 heterocycles. The molecule has 0 aliphatic rings. The molecule has 0 aliphatic heterocycles. The van der Waals surface area contributed by atoms with Crippen LogP contribution in [0.25, 0.3) is 0 Å². The van der Waals surface area contributed by atoms with Gasteiger partial charge in [-0.05, 0) is 303 Å². The molecule has 0 aromatic carbocycles. The van der Waals surface area contributed by atoms with E-state index in [4.69, 9.17) is 10.2 Å². The largest absolute Gasteiger partial charge is 0.392 e. The third kappa shape index (κ3) is 51.4. The van der Waals surface area contributed by atoms with Crippen LogP contribution in [0.3, 0.4) is 0 Å². The van der Waals surface area contributed by atoms with E-state index in [1.165, 1.54) is 103 Å². The molecule has 0 aliphatic carbocycles. The maximum absolute atomic E-state index is 9.15. The van der Waals surface area contributed by atoms with Gasteiger partial charge in [0, 0.05) is 0 Å². The highest BCUT2D eigenvalue weighted by atomic mass is 16.3. The molecule has 0 rings (SSSR count). The smallest absolute Gasteiger partial charge is 0.0639 e. The third-order valence-electron chi connectivity index (χ3n) is 16.2. The van der Waals surface area contributed by atoms with Gasteiger partial charge in [-0.15, -0.1) is 0 Å². The van der Waals surface area contributed by atoms with Crippen LogP contribution < -0.4 is 0 Å². The van der Waals surface area contributed by atoms with Crippen LogP contribution in [0, 0.1) is 0 Å². The quantitative estimate of drug-likeness (QED) is 0.0596. The van der Waals surface area contributed by atoms with Crippen LogP contribution in [0.4, 0.5) is 0 Å². The van der Waals surface area contributed by atoms with E-state index in [-0.39, 0.29) is 13.2 Å². The average molecular weight is 1120 g/mol. The minimum atomic E-state index is 0.146.